The van der Waals surface area contributed by atoms with Gasteiger partial charge in [0.25, 0.3) is 0 Å². The van der Waals surface area contributed by atoms with E-state index in [1.54, 1.807) is 52.1 Å². The van der Waals surface area contributed by atoms with Gasteiger partial charge in [0.1, 0.15) is 17.4 Å². The maximum Gasteiger partial charge on any atom is 0.410 e. The minimum absolute atomic E-state index is 0.190. The van der Waals surface area contributed by atoms with Crippen LogP contribution in [0.5, 0.6) is 5.75 Å². The third-order valence-corrected chi connectivity index (χ3v) is 3.02. The fourth-order valence-electron chi connectivity index (χ4n) is 1.84. The lowest BCUT2D eigenvalue weighted by Gasteiger charge is -2.28. The minimum atomic E-state index is -1.08. The topological polar surface area (TPSA) is 76.1 Å². The van der Waals surface area contributed by atoms with Crippen molar-refractivity contribution in [2.75, 3.05) is 14.2 Å². The van der Waals surface area contributed by atoms with E-state index in [9.17, 15) is 14.7 Å². The van der Waals surface area contributed by atoms with Crippen molar-refractivity contribution < 1.29 is 24.2 Å². The molecule has 0 aliphatic carbocycles. The maximum atomic E-state index is 12.0. The predicted molar refractivity (Wildman–Crippen MR) is 82.1 cm³/mol. The van der Waals surface area contributed by atoms with Gasteiger partial charge >= 0.3 is 12.1 Å². The molecule has 1 amide bonds. The molecule has 0 saturated heterocycles. The molecule has 1 aromatic carbocycles. The van der Waals surface area contributed by atoms with Crippen LogP contribution in [0.2, 0.25) is 0 Å². The van der Waals surface area contributed by atoms with Gasteiger partial charge in [-0.25, -0.2) is 9.59 Å². The molecule has 6 heteroatoms. The summed E-state index contributed by atoms with van der Waals surface area (Å²) in [6.07, 6.45) is -0.469. The van der Waals surface area contributed by atoms with Crippen LogP contribution in [0.1, 0.15) is 26.3 Å². The Balaban J connectivity index is 2.84. The summed E-state index contributed by atoms with van der Waals surface area (Å²) in [7, 11) is 2.99. The molecule has 122 valence electrons. The normalized spacial score (nSPS) is 12.4. The molecular weight excluding hydrogens is 286 g/mol. The highest BCUT2D eigenvalue weighted by molar-refractivity contribution is 5.80. The first-order valence-electron chi connectivity index (χ1n) is 6.95. The van der Waals surface area contributed by atoms with Gasteiger partial charge in [-0.1, -0.05) is 12.1 Å². The second kappa shape index (κ2) is 7.15. The number of hydrogen-bond donors (Lipinski definition) is 1. The quantitative estimate of drug-likeness (QED) is 0.904. The SMILES string of the molecule is COc1ccc(C[C@@H](C(=O)O)N(C)C(=O)OC(C)(C)C)cc1. The molecule has 1 atom stereocenters. The van der Waals surface area contributed by atoms with Gasteiger partial charge in [0.2, 0.25) is 0 Å². The van der Waals surface area contributed by atoms with Crippen molar-refractivity contribution in [1.82, 2.24) is 4.90 Å². The summed E-state index contributed by atoms with van der Waals surface area (Å²) in [4.78, 5) is 24.6. The number of benzene rings is 1. The lowest BCUT2D eigenvalue weighted by molar-refractivity contribution is -0.142. The van der Waals surface area contributed by atoms with E-state index in [4.69, 9.17) is 9.47 Å². The molecular formula is C16H23NO5. The standard InChI is InChI=1S/C16H23NO5/c1-16(2,3)22-15(20)17(4)13(14(18)19)10-11-6-8-12(21-5)9-7-11/h6-9,13H,10H2,1-5H3,(H,18,19)/t13-/m0/s1. The van der Waals surface area contributed by atoms with Crippen molar-refractivity contribution in [3.8, 4) is 5.75 Å². The minimum Gasteiger partial charge on any atom is -0.497 e. The number of amides is 1. The van der Waals surface area contributed by atoms with Gasteiger partial charge < -0.3 is 14.6 Å². The van der Waals surface area contributed by atoms with Crippen molar-refractivity contribution in [2.24, 2.45) is 0 Å². The van der Waals surface area contributed by atoms with E-state index in [0.29, 0.717) is 5.75 Å². The summed E-state index contributed by atoms with van der Waals surface area (Å²) in [5, 5.41) is 9.38. The second-order valence-electron chi connectivity index (χ2n) is 6.00. The monoisotopic (exact) mass is 309 g/mol. The van der Waals surface area contributed by atoms with Crippen LogP contribution in [-0.4, -0.2) is 47.9 Å². The Hall–Kier alpha value is -2.24. The van der Waals surface area contributed by atoms with E-state index in [2.05, 4.69) is 0 Å². The predicted octanol–water partition coefficient (Wildman–Crippen LogP) is 2.56. The van der Waals surface area contributed by atoms with Crippen LogP contribution in [-0.2, 0) is 16.0 Å². The van der Waals surface area contributed by atoms with Gasteiger partial charge in [-0.15, -0.1) is 0 Å². The summed E-state index contributed by atoms with van der Waals surface area (Å²) < 4.78 is 10.3. The Kier molecular flexibility index (Phi) is 5.79. The van der Waals surface area contributed by atoms with Gasteiger partial charge in [0, 0.05) is 13.5 Å². The van der Waals surface area contributed by atoms with Crippen LogP contribution in [0.25, 0.3) is 0 Å². The van der Waals surface area contributed by atoms with Crippen molar-refractivity contribution in [3.63, 3.8) is 0 Å². The molecule has 0 fully saturated rings. The van der Waals surface area contributed by atoms with Crippen LogP contribution in [0.4, 0.5) is 4.79 Å². The summed E-state index contributed by atoms with van der Waals surface area (Å²) in [5.74, 6) is -0.389. The molecule has 0 unspecified atom stereocenters. The number of rotatable bonds is 5. The average molecular weight is 309 g/mol. The molecule has 0 bridgehead atoms. The fourth-order valence-corrected chi connectivity index (χ4v) is 1.84. The number of aliphatic carboxylic acids is 1. The van der Waals surface area contributed by atoms with E-state index in [1.807, 2.05) is 0 Å². The third-order valence-electron chi connectivity index (χ3n) is 3.02. The zero-order valence-electron chi connectivity index (χ0n) is 13.6. The van der Waals surface area contributed by atoms with Crippen molar-refractivity contribution in [3.05, 3.63) is 29.8 Å². The Labute approximate surface area is 130 Å². The molecule has 22 heavy (non-hydrogen) atoms. The average Bonchev–Trinajstić information content (AvgIpc) is 2.42. The van der Waals surface area contributed by atoms with E-state index < -0.39 is 23.7 Å². The van der Waals surface area contributed by atoms with E-state index in [0.717, 1.165) is 10.5 Å². The summed E-state index contributed by atoms with van der Waals surface area (Å²) in [6, 6.07) is 6.06. The highest BCUT2D eigenvalue weighted by Gasteiger charge is 2.30. The number of methoxy groups -OCH3 is 1. The van der Waals surface area contributed by atoms with E-state index in [-0.39, 0.29) is 6.42 Å². The van der Waals surface area contributed by atoms with E-state index in [1.165, 1.54) is 7.05 Å². The zero-order valence-corrected chi connectivity index (χ0v) is 13.6. The van der Waals surface area contributed by atoms with Gasteiger partial charge in [-0.3, -0.25) is 4.90 Å². The Morgan fingerprint density at radius 1 is 1.23 bits per heavy atom. The van der Waals surface area contributed by atoms with Gasteiger partial charge in [0.15, 0.2) is 0 Å². The molecule has 0 aliphatic rings. The molecule has 1 aromatic rings. The van der Waals surface area contributed by atoms with Crippen molar-refractivity contribution in [2.45, 2.75) is 38.8 Å². The summed E-state index contributed by atoms with van der Waals surface area (Å²) in [6.45, 7) is 5.20. The molecule has 1 rings (SSSR count). The molecule has 0 aromatic heterocycles. The Morgan fingerprint density at radius 3 is 2.18 bits per heavy atom. The number of ether oxygens (including phenoxy) is 2. The summed E-state index contributed by atoms with van der Waals surface area (Å²) >= 11 is 0. The number of carbonyl (C=O) groups excluding carboxylic acids is 1. The first kappa shape index (κ1) is 17.8. The first-order chi connectivity index (χ1) is 10.1. The molecule has 0 heterocycles. The lowest BCUT2D eigenvalue weighted by Crippen LogP contribution is -2.46. The van der Waals surface area contributed by atoms with Crippen molar-refractivity contribution >= 4 is 12.1 Å². The van der Waals surface area contributed by atoms with Gasteiger partial charge in [-0.2, -0.15) is 0 Å². The molecule has 0 saturated carbocycles. The number of hydrogen-bond acceptors (Lipinski definition) is 4. The molecule has 0 aliphatic heterocycles. The van der Waals surface area contributed by atoms with Crippen LogP contribution in [0.3, 0.4) is 0 Å². The number of carboxylic acids is 1. The van der Waals surface area contributed by atoms with Crippen molar-refractivity contribution in [1.29, 1.82) is 0 Å². The highest BCUT2D eigenvalue weighted by Crippen LogP contribution is 2.16. The van der Waals surface area contributed by atoms with Crippen LogP contribution < -0.4 is 4.74 Å². The van der Waals surface area contributed by atoms with Crippen LogP contribution in [0.15, 0.2) is 24.3 Å². The third kappa shape index (κ3) is 5.27. The van der Waals surface area contributed by atoms with Gasteiger partial charge in [-0.05, 0) is 38.5 Å². The second-order valence-corrected chi connectivity index (χ2v) is 6.00. The lowest BCUT2D eigenvalue weighted by atomic mass is 10.1. The number of carboxylic acid groups (broad SMARTS) is 1. The highest BCUT2D eigenvalue weighted by atomic mass is 16.6. The Morgan fingerprint density at radius 2 is 1.77 bits per heavy atom. The van der Waals surface area contributed by atoms with Crippen LogP contribution in [0, 0.1) is 0 Å². The summed E-state index contributed by atoms with van der Waals surface area (Å²) in [5.41, 5.74) is 0.123. The smallest absolute Gasteiger partial charge is 0.410 e. The molecule has 6 nitrogen and oxygen atoms in total. The van der Waals surface area contributed by atoms with E-state index >= 15 is 0 Å². The first-order valence-corrected chi connectivity index (χ1v) is 6.95. The number of nitrogens with zero attached hydrogens (tertiary/aromatic N) is 1. The molecule has 1 N–H and O–H groups in total. The molecule has 0 spiro atoms. The zero-order chi connectivity index (χ0) is 16.9. The number of likely N-dealkylation sites (N-methyl/N-ethyl adjacent to an activating group) is 1. The largest absolute Gasteiger partial charge is 0.497 e. The number of carbonyl (C=O) groups is 2. The van der Waals surface area contributed by atoms with Gasteiger partial charge in [0.05, 0.1) is 7.11 Å². The fraction of sp³-hybridized carbons (Fsp3) is 0.500. The maximum absolute atomic E-state index is 12.0. The molecule has 0 radical (unpaired) electrons. The Bertz CT molecular complexity index is 518. The van der Waals surface area contributed by atoms with Crippen LogP contribution >= 0.6 is 0 Å².